The molecule has 3 aromatic rings. The molecule has 39 heavy (non-hydrogen) atoms. The summed E-state index contributed by atoms with van der Waals surface area (Å²) in [6.45, 7) is 8.76. The molecule has 2 amide bonds. The zero-order valence-corrected chi connectivity index (χ0v) is 24.6. The van der Waals surface area contributed by atoms with Crippen molar-refractivity contribution in [2.75, 3.05) is 10.8 Å². The Balaban J connectivity index is 2.04. The van der Waals surface area contributed by atoms with Gasteiger partial charge in [-0.25, -0.2) is 8.42 Å². The predicted octanol–water partition coefficient (Wildman–Crippen LogP) is 5.48. The van der Waals surface area contributed by atoms with Crippen LogP contribution in [0.25, 0.3) is 0 Å². The topological polar surface area (TPSA) is 86.8 Å². The van der Waals surface area contributed by atoms with E-state index < -0.39 is 28.5 Å². The second-order valence-electron chi connectivity index (χ2n) is 9.76. The Bertz CT molecular complexity index is 1410. The van der Waals surface area contributed by atoms with Crippen LogP contribution in [0, 0.1) is 13.8 Å². The highest BCUT2D eigenvalue weighted by Crippen LogP contribution is 2.27. The number of carbonyl (C=O) groups excluding carboxylic acids is 2. The number of nitrogens with one attached hydrogen (secondary N) is 1. The molecule has 0 heterocycles. The number of halogens is 1. The van der Waals surface area contributed by atoms with Gasteiger partial charge in [-0.1, -0.05) is 66.6 Å². The van der Waals surface area contributed by atoms with Gasteiger partial charge in [0.15, 0.2) is 0 Å². The number of benzene rings is 3. The first kappa shape index (κ1) is 30.2. The SMILES string of the molecule is CCC(C)NC(=O)C(C)N(Cc1cccc(Cl)c1)C(=O)CN(c1ccccc1C)S(=O)(=O)c1ccc(C)cc1. The maximum absolute atomic E-state index is 14.0. The van der Waals surface area contributed by atoms with Gasteiger partial charge in [-0.05, 0) is 75.6 Å². The minimum atomic E-state index is -4.11. The van der Waals surface area contributed by atoms with Gasteiger partial charge >= 0.3 is 0 Å². The molecular formula is C30H36ClN3O4S. The molecule has 3 rings (SSSR count). The smallest absolute Gasteiger partial charge is 0.264 e. The Morgan fingerprint density at radius 2 is 1.62 bits per heavy atom. The van der Waals surface area contributed by atoms with Gasteiger partial charge in [0.1, 0.15) is 12.6 Å². The average Bonchev–Trinajstić information content (AvgIpc) is 2.90. The number of hydrogen-bond donors (Lipinski definition) is 1. The Hall–Kier alpha value is -3.36. The van der Waals surface area contributed by atoms with E-state index in [1.54, 1.807) is 62.4 Å². The number of carbonyl (C=O) groups is 2. The van der Waals surface area contributed by atoms with Gasteiger partial charge in [0, 0.05) is 17.6 Å². The first-order valence-electron chi connectivity index (χ1n) is 12.9. The van der Waals surface area contributed by atoms with E-state index in [4.69, 9.17) is 11.6 Å². The number of rotatable bonds is 11. The van der Waals surface area contributed by atoms with Crippen LogP contribution in [0.3, 0.4) is 0 Å². The number of amides is 2. The van der Waals surface area contributed by atoms with Crippen LogP contribution >= 0.6 is 11.6 Å². The summed E-state index contributed by atoms with van der Waals surface area (Å²) in [4.78, 5) is 28.6. The molecular weight excluding hydrogens is 534 g/mol. The lowest BCUT2D eigenvalue weighted by Gasteiger charge is -2.33. The van der Waals surface area contributed by atoms with Crippen LogP contribution in [0.4, 0.5) is 5.69 Å². The number of nitrogens with zero attached hydrogens (tertiary/aromatic N) is 2. The molecule has 2 atom stereocenters. The average molecular weight is 570 g/mol. The molecule has 0 radical (unpaired) electrons. The third kappa shape index (κ3) is 7.61. The molecule has 2 unspecified atom stereocenters. The maximum atomic E-state index is 14.0. The van der Waals surface area contributed by atoms with Crippen molar-refractivity contribution in [3.8, 4) is 0 Å². The molecule has 0 aliphatic rings. The highest BCUT2D eigenvalue weighted by molar-refractivity contribution is 7.92. The van der Waals surface area contributed by atoms with Crippen LogP contribution in [-0.4, -0.2) is 43.8 Å². The molecule has 1 N–H and O–H groups in total. The van der Waals surface area contributed by atoms with Crippen LogP contribution in [0.15, 0.2) is 77.7 Å². The van der Waals surface area contributed by atoms with E-state index >= 15 is 0 Å². The summed E-state index contributed by atoms with van der Waals surface area (Å²) in [7, 11) is -4.11. The van der Waals surface area contributed by atoms with Crippen molar-refractivity contribution in [1.29, 1.82) is 0 Å². The van der Waals surface area contributed by atoms with Crippen molar-refractivity contribution >= 4 is 39.1 Å². The maximum Gasteiger partial charge on any atom is 0.264 e. The molecule has 0 saturated carbocycles. The fraction of sp³-hybridized carbons (Fsp3) is 0.333. The van der Waals surface area contributed by atoms with Gasteiger partial charge in [-0.15, -0.1) is 0 Å². The zero-order chi connectivity index (χ0) is 28.7. The number of hydrogen-bond acceptors (Lipinski definition) is 4. The summed E-state index contributed by atoms with van der Waals surface area (Å²) < 4.78 is 28.9. The number of anilines is 1. The van der Waals surface area contributed by atoms with Gasteiger partial charge in [-0.3, -0.25) is 13.9 Å². The summed E-state index contributed by atoms with van der Waals surface area (Å²) in [5.74, 6) is -0.829. The molecule has 7 nitrogen and oxygen atoms in total. The molecule has 0 aliphatic carbocycles. The molecule has 0 fully saturated rings. The van der Waals surface area contributed by atoms with E-state index in [1.807, 2.05) is 32.9 Å². The Morgan fingerprint density at radius 3 is 2.23 bits per heavy atom. The highest BCUT2D eigenvalue weighted by Gasteiger charge is 2.33. The van der Waals surface area contributed by atoms with Crippen LogP contribution in [0.5, 0.6) is 0 Å². The van der Waals surface area contributed by atoms with Crippen molar-refractivity contribution in [3.05, 3.63) is 94.5 Å². The molecule has 208 valence electrons. The summed E-state index contributed by atoms with van der Waals surface area (Å²) >= 11 is 6.19. The van der Waals surface area contributed by atoms with E-state index in [1.165, 1.54) is 17.0 Å². The fourth-order valence-corrected chi connectivity index (χ4v) is 5.77. The minimum absolute atomic E-state index is 0.0755. The third-order valence-electron chi connectivity index (χ3n) is 6.68. The largest absolute Gasteiger partial charge is 0.352 e. The molecule has 3 aromatic carbocycles. The number of para-hydroxylation sites is 1. The van der Waals surface area contributed by atoms with Crippen LogP contribution in [-0.2, 0) is 26.2 Å². The van der Waals surface area contributed by atoms with E-state index in [9.17, 15) is 18.0 Å². The predicted molar refractivity (Wildman–Crippen MR) is 156 cm³/mol. The first-order valence-corrected chi connectivity index (χ1v) is 14.7. The fourth-order valence-electron chi connectivity index (χ4n) is 4.07. The van der Waals surface area contributed by atoms with Gasteiger partial charge in [0.25, 0.3) is 10.0 Å². The molecule has 0 aromatic heterocycles. The lowest BCUT2D eigenvalue weighted by Crippen LogP contribution is -2.52. The number of sulfonamides is 1. The van der Waals surface area contributed by atoms with Crippen molar-refractivity contribution in [2.24, 2.45) is 0 Å². The van der Waals surface area contributed by atoms with Crippen LogP contribution in [0.2, 0.25) is 5.02 Å². The third-order valence-corrected chi connectivity index (χ3v) is 8.69. The monoisotopic (exact) mass is 569 g/mol. The standard InChI is InChI=1S/C30H36ClN3O4S/c1-6-23(4)32-30(36)24(5)33(19-25-11-9-12-26(31)18-25)29(35)20-34(28-13-8-7-10-22(28)3)39(37,38)27-16-14-21(2)15-17-27/h7-18,23-24H,6,19-20H2,1-5H3,(H,32,36). The second kappa shape index (κ2) is 13.1. The van der Waals surface area contributed by atoms with Gasteiger partial charge in [0.05, 0.1) is 10.6 Å². The first-order chi connectivity index (χ1) is 18.4. The quantitative estimate of drug-likeness (QED) is 0.331. The number of aryl methyl sites for hydroxylation is 2. The summed E-state index contributed by atoms with van der Waals surface area (Å²) in [6, 6.07) is 19.6. The van der Waals surface area contributed by atoms with Crippen LogP contribution in [0.1, 0.15) is 43.9 Å². The van der Waals surface area contributed by atoms with Gasteiger partial charge in [0.2, 0.25) is 11.8 Å². The Kier molecular flexibility index (Phi) is 10.2. The second-order valence-corrected chi connectivity index (χ2v) is 12.1. The van der Waals surface area contributed by atoms with Gasteiger partial charge < -0.3 is 10.2 Å². The van der Waals surface area contributed by atoms with E-state index in [0.29, 0.717) is 16.3 Å². The van der Waals surface area contributed by atoms with E-state index in [2.05, 4.69) is 5.32 Å². The van der Waals surface area contributed by atoms with Crippen molar-refractivity contribution in [2.45, 2.75) is 64.6 Å². The van der Waals surface area contributed by atoms with E-state index in [0.717, 1.165) is 21.9 Å². The van der Waals surface area contributed by atoms with Crippen molar-refractivity contribution in [1.82, 2.24) is 10.2 Å². The Labute approximate surface area is 236 Å². The van der Waals surface area contributed by atoms with Crippen molar-refractivity contribution in [3.63, 3.8) is 0 Å². The normalized spacial score (nSPS) is 12.9. The highest BCUT2D eigenvalue weighted by atomic mass is 35.5. The molecule has 9 heteroatoms. The van der Waals surface area contributed by atoms with Crippen molar-refractivity contribution < 1.29 is 18.0 Å². The molecule has 0 spiro atoms. The van der Waals surface area contributed by atoms with E-state index in [-0.39, 0.29) is 23.4 Å². The lowest BCUT2D eigenvalue weighted by atomic mass is 10.1. The summed E-state index contributed by atoms with van der Waals surface area (Å²) in [6.07, 6.45) is 0.733. The summed E-state index contributed by atoms with van der Waals surface area (Å²) in [5, 5.41) is 3.43. The van der Waals surface area contributed by atoms with Crippen LogP contribution < -0.4 is 9.62 Å². The minimum Gasteiger partial charge on any atom is -0.352 e. The molecule has 0 saturated heterocycles. The summed E-state index contributed by atoms with van der Waals surface area (Å²) in [5.41, 5.74) is 2.74. The molecule has 0 aliphatic heterocycles. The lowest BCUT2D eigenvalue weighted by molar-refractivity contribution is -0.139. The molecule has 0 bridgehead atoms. The van der Waals surface area contributed by atoms with Gasteiger partial charge in [-0.2, -0.15) is 0 Å². The Morgan fingerprint density at radius 1 is 0.949 bits per heavy atom. The zero-order valence-electron chi connectivity index (χ0n) is 23.0.